The van der Waals surface area contributed by atoms with Crippen molar-refractivity contribution in [3.63, 3.8) is 0 Å². The number of benzene rings is 2. The van der Waals surface area contributed by atoms with Gasteiger partial charge in [0, 0.05) is 0 Å². The molecule has 1 atom stereocenters. The van der Waals surface area contributed by atoms with E-state index in [1.54, 1.807) is 6.08 Å². The molecule has 1 N–H and O–H groups in total. The molecule has 112 valence electrons. The molecule has 0 radical (unpaired) electrons. The van der Waals surface area contributed by atoms with Crippen LogP contribution < -0.4 is 0 Å². The van der Waals surface area contributed by atoms with Crippen LogP contribution in [0, 0.1) is 0 Å². The summed E-state index contributed by atoms with van der Waals surface area (Å²) in [5.41, 5.74) is -0.814. The number of allylic oxidation sites excluding steroid dienone is 1. The second kappa shape index (κ2) is 5.43. The number of hydrogen-bond acceptors (Lipinski definition) is 3. The maximum Gasteiger partial charge on any atom is 0.343 e. The van der Waals surface area contributed by atoms with Crippen LogP contribution in [0.5, 0.6) is 0 Å². The Balaban J connectivity index is 2.28. The number of methoxy groups -OCH3 is 1. The molecule has 2 aromatic rings. The molecular weight excluding hydrogens is 276 g/mol. The fourth-order valence-corrected chi connectivity index (χ4v) is 3.39. The summed E-state index contributed by atoms with van der Waals surface area (Å²) in [6, 6.07) is 19.2. The van der Waals surface area contributed by atoms with Gasteiger partial charge in [0.05, 0.1) is 12.5 Å². The van der Waals surface area contributed by atoms with Crippen LogP contribution in [0.3, 0.4) is 0 Å². The van der Waals surface area contributed by atoms with E-state index in [1.165, 1.54) is 7.11 Å². The molecule has 0 saturated carbocycles. The molecule has 0 bridgehead atoms. The minimum atomic E-state index is -1.72. The zero-order valence-electron chi connectivity index (χ0n) is 12.4. The third-order valence-corrected chi connectivity index (χ3v) is 4.46. The van der Waals surface area contributed by atoms with Crippen molar-refractivity contribution >= 4 is 5.97 Å². The van der Waals surface area contributed by atoms with Crippen LogP contribution in [-0.2, 0) is 14.9 Å². The van der Waals surface area contributed by atoms with E-state index >= 15 is 0 Å². The van der Waals surface area contributed by atoms with Gasteiger partial charge >= 0.3 is 5.97 Å². The molecule has 1 unspecified atom stereocenters. The van der Waals surface area contributed by atoms with Gasteiger partial charge in [0.25, 0.3) is 0 Å². The molecule has 22 heavy (non-hydrogen) atoms. The molecule has 0 aliphatic heterocycles. The van der Waals surface area contributed by atoms with Crippen molar-refractivity contribution in [1.82, 2.24) is 0 Å². The number of carbonyl (C=O) groups excluding carboxylic acids is 1. The van der Waals surface area contributed by atoms with Crippen LogP contribution in [0.25, 0.3) is 0 Å². The van der Waals surface area contributed by atoms with Gasteiger partial charge in [-0.1, -0.05) is 66.7 Å². The zero-order chi connectivity index (χ0) is 15.6. The van der Waals surface area contributed by atoms with Crippen molar-refractivity contribution in [3.8, 4) is 0 Å². The highest BCUT2D eigenvalue weighted by Crippen LogP contribution is 2.50. The molecule has 3 heteroatoms. The first-order chi connectivity index (χ1) is 10.6. The summed E-state index contributed by atoms with van der Waals surface area (Å²) in [6.07, 6.45) is 3.93. The topological polar surface area (TPSA) is 46.5 Å². The van der Waals surface area contributed by atoms with E-state index in [0.29, 0.717) is 6.42 Å². The summed E-state index contributed by atoms with van der Waals surface area (Å²) in [4.78, 5) is 12.4. The van der Waals surface area contributed by atoms with Crippen molar-refractivity contribution in [2.75, 3.05) is 7.11 Å². The van der Waals surface area contributed by atoms with E-state index in [9.17, 15) is 9.90 Å². The molecule has 0 spiro atoms. The number of rotatable bonds is 3. The van der Waals surface area contributed by atoms with E-state index in [2.05, 4.69) is 0 Å². The van der Waals surface area contributed by atoms with E-state index in [0.717, 1.165) is 11.1 Å². The standard InChI is InChI=1S/C19H18O3/c1-22-17(20)19(21)14-8-13-18(19,15-9-4-2-5-10-15)16-11-6-3-7-12-16/h2-12,14,21H,13H2,1H3. The van der Waals surface area contributed by atoms with Gasteiger partial charge < -0.3 is 9.84 Å². The van der Waals surface area contributed by atoms with Crippen LogP contribution in [0.2, 0.25) is 0 Å². The highest BCUT2D eigenvalue weighted by atomic mass is 16.5. The van der Waals surface area contributed by atoms with E-state index in [1.807, 2.05) is 66.7 Å². The summed E-state index contributed by atoms with van der Waals surface area (Å²) >= 11 is 0. The van der Waals surface area contributed by atoms with Gasteiger partial charge in [-0.3, -0.25) is 0 Å². The van der Waals surface area contributed by atoms with Gasteiger partial charge in [0.2, 0.25) is 0 Å². The van der Waals surface area contributed by atoms with Crippen molar-refractivity contribution in [2.45, 2.75) is 17.4 Å². The lowest BCUT2D eigenvalue weighted by Gasteiger charge is -2.41. The first-order valence-corrected chi connectivity index (χ1v) is 7.25. The Morgan fingerprint density at radius 2 is 1.50 bits per heavy atom. The molecule has 2 aromatic carbocycles. The van der Waals surface area contributed by atoms with Crippen LogP contribution in [0.15, 0.2) is 72.8 Å². The molecule has 3 nitrogen and oxygen atoms in total. The smallest absolute Gasteiger partial charge is 0.343 e. The third kappa shape index (κ3) is 1.90. The summed E-state index contributed by atoms with van der Waals surface area (Å²) in [7, 11) is 1.30. The predicted molar refractivity (Wildman–Crippen MR) is 84.4 cm³/mol. The SMILES string of the molecule is COC(=O)C1(O)C=CCC1(c1ccccc1)c1ccccc1. The van der Waals surface area contributed by atoms with Crippen molar-refractivity contribution < 1.29 is 14.6 Å². The molecule has 0 amide bonds. The van der Waals surface area contributed by atoms with Gasteiger partial charge in [-0.2, -0.15) is 0 Å². The Morgan fingerprint density at radius 1 is 1.00 bits per heavy atom. The third-order valence-electron chi connectivity index (χ3n) is 4.46. The monoisotopic (exact) mass is 294 g/mol. The first kappa shape index (κ1) is 14.5. The van der Waals surface area contributed by atoms with E-state index in [-0.39, 0.29) is 0 Å². The number of hydrogen-bond donors (Lipinski definition) is 1. The summed E-state index contributed by atoms with van der Waals surface area (Å²) in [5, 5.41) is 11.2. The first-order valence-electron chi connectivity index (χ1n) is 7.25. The molecule has 0 aromatic heterocycles. The van der Waals surface area contributed by atoms with Crippen molar-refractivity contribution in [1.29, 1.82) is 0 Å². The van der Waals surface area contributed by atoms with Crippen molar-refractivity contribution in [3.05, 3.63) is 83.9 Å². The highest BCUT2D eigenvalue weighted by Gasteiger charge is 2.58. The van der Waals surface area contributed by atoms with Crippen molar-refractivity contribution in [2.24, 2.45) is 0 Å². The molecule has 3 rings (SSSR count). The quantitative estimate of drug-likeness (QED) is 0.699. The second-order valence-electron chi connectivity index (χ2n) is 5.50. The molecular formula is C19H18O3. The largest absolute Gasteiger partial charge is 0.467 e. The van der Waals surface area contributed by atoms with Crippen LogP contribution >= 0.6 is 0 Å². The maximum absolute atomic E-state index is 12.4. The van der Waals surface area contributed by atoms with Crippen LogP contribution in [0.4, 0.5) is 0 Å². The van der Waals surface area contributed by atoms with E-state index < -0.39 is 17.0 Å². The van der Waals surface area contributed by atoms with E-state index in [4.69, 9.17) is 4.74 Å². The van der Waals surface area contributed by atoms with Crippen LogP contribution in [-0.4, -0.2) is 23.8 Å². The Bertz CT molecular complexity index is 652. The molecule has 0 heterocycles. The average Bonchev–Trinajstić information content (AvgIpc) is 2.95. The highest BCUT2D eigenvalue weighted by molar-refractivity contribution is 5.87. The van der Waals surface area contributed by atoms with Gasteiger partial charge in [-0.15, -0.1) is 0 Å². The summed E-state index contributed by atoms with van der Waals surface area (Å²) in [5.74, 6) is -0.644. The average molecular weight is 294 g/mol. The van der Waals surface area contributed by atoms with Gasteiger partial charge in [-0.05, 0) is 23.6 Å². The van der Waals surface area contributed by atoms with Crippen LogP contribution in [0.1, 0.15) is 17.5 Å². The lowest BCUT2D eigenvalue weighted by molar-refractivity contribution is -0.161. The Hall–Kier alpha value is -2.39. The molecule has 0 saturated heterocycles. The normalized spacial score (nSPS) is 22.5. The summed E-state index contributed by atoms with van der Waals surface area (Å²) in [6.45, 7) is 0. The van der Waals surface area contributed by atoms with Gasteiger partial charge in [0.15, 0.2) is 5.60 Å². The van der Waals surface area contributed by atoms with Gasteiger partial charge in [0.1, 0.15) is 0 Å². The Kier molecular flexibility index (Phi) is 3.59. The minimum Gasteiger partial charge on any atom is -0.467 e. The fourth-order valence-electron chi connectivity index (χ4n) is 3.39. The predicted octanol–water partition coefficient (Wildman–Crippen LogP) is 2.84. The zero-order valence-corrected chi connectivity index (χ0v) is 12.4. The maximum atomic E-state index is 12.4. The number of carbonyl (C=O) groups is 1. The Morgan fingerprint density at radius 3 is 1.95 bits per heavy atom. The second-order valence-corrected chi connectivity index (χ2v) is 5.50. The number of aliphatic hydroxyl groups is 1. The fraction of sp³-hybridized carbons (Fsp3) is 0.211. The molecule has 0 fully saturated rings. The lowest BCUT2D eigenvalue weighted by atomic mass is 9.64. The Labute approximate surface area is 129 Å². The lowest BCUT2D eigenvalue weighted by Crippen LogP contribution is -2.54. The minimum absolute atomic E-state index is 0.534. The number of esters is 1. The molecule has 1 aliphatic carbocycles. The summed E-state index contributed by atoms with van der Waals surface area (Å²) < 4.78 is 4.90. The van der Waals surface area contributed by atoms with Gasteiger partial charge in [-0.25, -0.2) is 4.79 Å². The molecule has 1 aliphatic rings. The number of ether oxygens (including phenoxy) is 1.